The summed E-state index contributed by atoms with van der Waals surface area (Å²) in [6, 6.07) is 8.63. The highest BCUT2D eigenvalue weighted by molar-refractivity contribution is 7.94. The van der Waals surface area contributed by atoms with Crippen LogP contribution >= 0.6 is 12.1 Å². The van der Waals surface area contributed by atoms with E-state index in [0.29, 0.717) is 47.1 Å². The molecule has 0 bridgehead atoms. The number of carbonyl (C=O) groups is 1. The van der Waals surface area contributed by atoms with Crippen molar-refractivity contribution in [2.24, 2.45) is 0 Å². The number of phenols is 1. The van der Waals surface area contributed by atoms with Crippen LogP contribution < -0.4 is 5.32 Å². The minimum atomic E-state index is 0.0794. The molecule has 2 N–H and O–H groups in total. The summed E-state index contributed by atoms with van der Waals surface area (Å²) in [7, 11) is 1.78. The molecule has 1 amide bonds. The van der Waals surface area contributed by atoms with Crippen LogP contribution in [0.3, 0.4) is 0 Å². The highest BCUT2D eigenvalue weighted by Crippen LogP contribution is 2.32. The minimum Gasteiger partial charge on any atom is -0.507 e. The number of rotatable bonds is 8. The van der Waals surface area contributed by atoms with Crippen LogP contribution in [0.2, 0.25) is 0 Å². The molecule has 0 saturated carbocycles. The van der Waals surface area contributed by atoms with Crippen LogP contribution in [0.15, 0.2) is 41.4 Å². The van der Waals surface area contributed by atoms with Crippen molar-refractivity contribution in [3.05, 3.63) is 36.5 Å². The van der Waals surface area contributed by atoms with Gasteiger partial charge in [0, 0.05) is 38.2 Å². The van der Waals surface area contributed by atoms with Gasteiger partial charge in [-0.15, -0.1) is 0 Å². The molecule has 2 aromatic heterocycles. The number of para-hydroxylation sites is 1. The van der Waals surface area contributed by atoms with E-state index in [0.717, 1.165) is 6.42 Å². The van der Waals surface area contributed by atoms with Gasteiger partial charge in [0.15, 0.2) is 5.65 Å². The molecule has 0 aliphatic carbocycles. The molecule has 3 aromatic rings. The third-order valence-corrected chi connectivity index (χ3v) is 4.86. The summed E-state index contributed by atoms with van der Waals surface area (Å²) in [6.07, 6.45) is 2.64. The van der Waals surface area contributed by atoms with E-state index in [2.05, 4.69) is 15.4 Å². The first-order chi connectivity index (χ1) is 14.5. The van der Waals surface area contributed by atoms with Gasteiger partial charge in [-0.25, -0.2) is 4.98 Å². The van der Waals surface area contributed by atoms with Crippen molar-refractivity contribution in [3.63, 3.8) is 0 Å². The molecule has 0 unspecified atom stereocenters. The van der Waals surface area contributed by atoms with E-state index < -0.39 is 0 Å². The molecule has 30 heavy (non-hydrogen) atoms. The van der Waals surface area contributed by atoms with E-state index in [1.807, 2.05) is 20.8 Å². The van der Waals surface area contributed by atoms with Gasteiger partial charge < -0.3 is 15.3 Å². The molecule has 9 heteroatoms. The highest BCUT2D eigenvalue weighted by Gasteiger charge is 2.15. The number of halogens is 1. The number of benzene rings is 1. The van der Waals surface area contributed by atoms with Crippen molar-refractivity contribution in [2.45, 2.75) is 38.5 Å². The number of nitrogens with one attached hydrogen (secondary N) is 1. The van der Waals surface area contributed by atoms with E-state index in [4.69, 9.17) is 0 Å². The molecular weight excluding hydrogens is 405 g/mol. The summed E-state index contributed by atoms with van der Waals surface area (Å²) >= 11 is 0.0794. The fraction of sp³-hybridized carbons (Fsp3) is 0.381. The third kappa shape index (κ3) is 5.41. The molecule has 7 nitrogen and oxygen atoms in total. The Bertz CT molecular complexity index is 979. The maximum Gasteiger partial charge on any atom is 0.222 e. The lowest BCUT2D eigenvalue weighted by Crippen LogP contribution is -2.28. The van der Waals surface area contributed by atoms with Gasteiger partial charge in [0.05, 0.1) is 24.0 Å². The van der Waals surface area contributed by atoms with Gasteiger partial charge in [0.2, 0.25) is 5.91 Å². The number of aromatic hydroxyl groups is 1. The molecule has 0 saturated heterocycles. The van der Waals surface area contributed by atoms with E-state index in [1.165, 1.54) is 10.7 Å². The average molecular weight is 434 g/mol. The zero-order chi connectivity index (χ0) is 22.1. The Kier molecular flexibility index (Phi) is 8.91. The van der Waals surface area contributed by atoms with Gasteiger partial charge in [-0.05, 0) is 18.6 Å². The topological polar surface area (TPSA) is 82.8 Å². The average Bonchev–Trinajstić information content (AvgIpc) is 3.20. The first-order valence-electron chi connectivity index (χ1n) is 9.98. The van der Waals surface area contributed by atoms with Crippen LogP contribution in [0.4, 0.5) is 9.70 Å². The molecule has 0 radical (unpaired) electrons. The molecule has 0 aliphatic heterocycles. The SMILES string of the molecule is CC.CCC(=O)N(C)CCCNc1cc(-c2ccccc2O)nc2c(SF)cnn12. The van der Waals surface area contributed by atoms with Crippen molar-refractivity contribution >= 4 is 29.5 Å². The molecule has 2 heterocycles. The number of aromatic nitrogens is 3. The normalized spacial score (nSPS) is 10.4. The van der Waals surface area contributed by atoms with Crippen LogP contribution in [-0.4, -0.2) is 50.6 Å². The molecular formula is C21H28FN5O2S. The van der Waals surface area contributed by atoms with Crippen LogP contribution in [0.5, 0.6) is 5.75 Å². The number of fused-ring (bicyclic) bond motifs is 1. The second-order valence-corrected chi connectivity index (χ2v) is 6.91. The quantitative estimate of drug-likeness (QED) is 0.498. The van der Waals surface area contributed by atoms with Crippen molar-refractivity contribution in [1.82, 2.24) is 19.5 Å². The molecule has 0 spiro atoms. The smallest absolute Gasteiger partial charge is 0.222 e. The summed E-state index contributed by atoms with van der Waals surface area (Å²) in [4.78, 5) is 18.1. The van der Waals surface area contributed by atoms with Gasteiger partial charge in [0.25, 0.3) is 0 Å². The van der Waals surface area contributed by atoms with E-state index in [1.54, 1.807) is 42.3 Å². The number of hydrogen-bond donors (Lipinski definition) is 2. The molecule has 1 aromatic carbocycles. The Morgan fingerprint density at radius 3 is 2.73 bits per heavy atom. The van der Waals surface area contributed by atoms with Crippen LogP contribution in [0.1, 0.15) is 33.6 Å². The molecule has 0 aliphatic rings. The summed E-state index contributed by atoms with van der Waals surface area (Å²) in [5, 5.41) is 17.6. The Hall–Kier alpha value is -2.81. The molecule has 162 valence electrons. The Balaban J connectivity index is 0.00000155. The van der Waals surface area contributed by atoms with Gasteiger partial charge in [-0.2, -0.15) is 13.5 Å². The molecule has 0 fully saturated rings. The number of nitrogens with zero attached hydrogens (tertiary/aromatic N) is 4. The predicted octanol–water partition coefficient (Wildman–Crippen LogP) is 4.78. The lowest BCUT2D eigenvalue weighted by molar-refractivity contribution is -0.129. The Morgan fingerprint density at radius 2 is 2.07 bits per heavy atom. The number of hydrogen-bond acceptors (Lipinski definition) is 6. The molecule has 0 atom stereocenters. The number of anilines is 1. The van der Waals surface area contributed by atoms with Gasteiger partial charge in [-0.3, -0.25) is 4.79 Å². The summed E-state index contributed by atoms with van der Waals surface area (Å²) < 4.78 is 14.8. The number of amides is 1. The fourth-order valence-corrected chi connectivity index (χ4v) is 3.17. The van der Waals surface area contributed by atoms with Gasteiger partial charge in [-0.1, -0.05) is 32.9 Å². The Labute approximate surface area is 180 Å². The van der Waals surface area contributed by atoms with Crippen LogP contribution in [0, 0.1) is 0 Å². The molecule has 3 rings (SSSR count). The maximum absolute atomic E-state index is 13.3. The maximum atomic E-state index is 13.3. The number of phenolic OH excluding ortho intramolecular Hbond substituents is 1. The summed E-state index contributed by atoms with van der Waals surface area (Å²) in [5.41, 5.74) is 1.44. The van der Waals surface area contributed by atoms with Crippen molar-refractivity contribution in [2.75, 3.05) is 25.5 Å². The second-order valence-electron chi connectivity index (χ2n) is 6.31. The van der Waals surface area contributed by atoms with Crippen LogP contribution in [-0.2, 0) is 4.79 Å². The van der Waals surface area contributed by atoms with E-state index in [9.17, 15) is 13.8 Å². The zero-order valence-electron chi connectivity index (χ0n) is 17.7. The van der Waals surface area contributed by atoms with Crippen molar-refractivity contribution in [1.29, 1.82) is 0 Å². The number of carbonyl (C=O) groups excluding carboxylic acids is 1. The van der Waals surface area contributed by atoms with E-state index in [-0.39, 0.29) is 23.8 Å². The Morgan fingerprint density at radius 1 is 1.33 bits per heavy atom. The zero-order valence-corrected chi connectivity index (χ0v) is 18.5. The second kappa shape index (κ2) is 11.4. The standard InChI is InChI=1S/C19H22FN5O2S.C2H6/c1-3-18(27)24(2)10-6-9-21-17-11-14(13-7-4-5-8-15(13)26)23-19-16(28-20)12-22-25(17)19;1-2/h4-5,7-8,11-12,21,26H,3,6,9-10H2,1-2H3;1-2H3. The largest absolute Gasteiger partial charge is 0.507 e. The fourth-order valence-electron chi connectivity index (χ4n) is 2.88. The highest BCUT2D eigenvalue weighted by atomic mass is 32.2. The van der Waals surface area contributed by atoms with Crippen LogP contribution in [0.25, 0.3) is 16.9 Å². The van der Waals surface area contributed by atoms with Crippen molar-refractivity contribution in [3.8, 4) is 17.0 Å². The van der Waals surface area contributed by atoms with Crippen molar-refractivity contribution < 1.29 is 13.8 Å². The summed E-state index contributed by atoms with van der Waals surface area (Å²) in [5.74, 6) is 0.830. The van der Waals surface area contributed by atoms with Gasteiger partial charge >= 0.3 is 0 Å². The van der Waals surface area contributed by atoms with Gasteiger partial charge in [0.1, 0.15) is 16.5 Å². The lowest BCUT2D eigenvalue weighted by Gasteiger charge is -2.17. The summed E-state index contributed by atoms with van der Waals surface area (Å²) in [6.45, 7) is 7.06. The minimum absolute atomic E-state index is 0.0794. The first-order valence-corrected chi connectivity index (χ1v) is 10.7. The first kappa shape index (κ1) is 23.5. The third-order valence-electron chi connectivity index (χ3n) is 4.41. The monoisotopic (exact) mass is 433 g/mol. The van der Waals surface area contributed by atoms with E-state index >= 15 is 0 Å². The lowest BCUT2D eigenvalue weighted by atomic mass is 10.1. The predicted molar refractivity (Wildman–Crippen MR) is 119 cm³/mol.